The molecule has 0 aromatic heterocycles. The quantitative estimate of drug-likeness (QED) is 0.309. The molecular weight excluding hydrogens is 440 g/mol. The molecule has 0 amide bonds. The maximum Gasteiger partial charge on any atom is 0.0811 e. The van der Waals surface area contributed by atoms with Crippen LogP contribution in [0.2, 0.25) is 0 Å². The van der Waals surface area contributed by atoms with Crippen LogP contribution in [-0.4, -0.2) is 44.1 Å². The number of allylic oxidation sites excluding steroid dienone is 3. The molecule has 3 saturated carbocycles. The first-order valence-electron chi connectivity index (χ1n) is 13.9. The summed E-state index contributed by atoms with van der Waals surface area (Å²) in [5.41, 5.74) is 3.22. The van der Waals surface area contributed by atoms with E-state index in [1.165, 1.54) is 25.7 Å². The van der Waals surface area contributed by atoms with Gasteiger partial charge in [0, 0.05) is 11.7 Å². The number of rotatable bonds is 10. The molecule has 0 radical (unpaired) electrons. The summed E-state index contributed by atoms with van der Waals surface area (Å²) in [5.74, 6) is 2.41. The van der Waals surface area contributed by atoms with Crippen molar-refractivity contribution in [1.82, 2.24) is 0 Å². The maximum absolute atomic E-state index is 11.0. The van der Waals surface area contributed by atoms with Crippen molar-refractivity contribution >= 4 is 11.8 Å². The number of fused-ring (bicyclic) bond motifs is 1. The Balaban J connectivity index is 1.65. The van der Waals surface area contributed by atoms with Gasteiger partial charge >= 0.3 is 0 Å². The second-order valence-corrected chi connectivity index (χ2v) is 13.2. The maximum atomic E-state index is 11.0. The Hall–Kier alpha value is -0.550. The molecule has 0 saturated heterocycles. The molecule has 0 heterocycles. The highest BCUT2D eigenvalue weighted by Gasteiger charge is 2.50. The lowest BCUT2D eigenvalue weighted by Gasteiger charge is -2.44. The van der Waals surface area contributed by atoms with Crippen LogP contribution >= 0.6 is 11.8 Å². The molecule has 3 rings (SSSR count). The molecule has 3 fully saturated rings. The van der Waals surface area contributed by atoms with Crippen molar-refractivity contribution in [3.05, 3.63) is 35.5 Å². The van der Waals surface area contributed by atoms with Gasteiger partial charge in [0.15, 0.2) is 0 Å². The van der Waals surface area contributed by atoms with Crippen LogP contribution in [-0.2, 0) is 0 Å². The van der Waals surface area contributed by atoms with E-state index in [2.05, 4.69) is 58.2 Å². The molecule has 3 nitrogen and oxygen atoms in total. The fraction of sp³-hybridized carbons (Fsp3) is 0.800. The lowest BCUT2D eigenvalue weighted by atomic mass is 9.63. The van der Waals surface area contributed by atoms with Crippen LogP contribution in [0.15, 0.2) is 35.5 Å². The Morgan fingerprint density at radius 1 is 1.15 bits per heavy atom. The zero-order valence-corrected chi connectivity index (χ0v) is 23.0. The predicted molar refractivity (Wildman–Crippen MR) is 146 cm³/mol. The standard InChI is InChI=1S/C30H50O3S/c1-6-14-30(33,15-7-2)17-18-34-22(4)26-12-13-27-23(9-8-16-29(26,27)5)10-11-24-19-25(31)20-28(32)21(24)3/h10-11,22,25-28,31-33H,3,6-9,12-20H2,1-2,4-5H3/t22-,25+,26+,27-,28-,29+/m0/s1. The van der Waals surface area contributed by atoms with Gasteiger partial charge in [-0.2, -0.15) is 11.8 Å². The monoisotopic (exact) mass is 490 g/mol. The van der Waals surface area contributed by atoms with Gasteiger partial charge in [-0.15, -0.1) is 0 Å². The molecule has 6 atom stereocenters. The summed E-state index contributed by atoms with van der Waals surface area (Å²) in [6.45, 7) is 13.4. The minimum absolute atomic E-state index is 0.348. The fourth-order valence-corrected chi connectivity index (χ4v) is 8.92. The van der Waals surface area contributed by atoms with Gasteiger partial charge < -0.3 is 15.3 Å². The predicted octanol–water partition coefficient (Wildman–Crippen LogP) is 6.97. The number of thioether (sulfide) groups is 1. The molecule has 3 aliphatic carbocycles. The molecule has 0 aromatic carbocycles. The summed E-state index contributed by atoms with van der Waals surface area (Å²) >= 11 is 2.09. The van der Waals surface area contributed by atoms with E-state index in [4.69, 9.17) is 0 Å². The molecule has 0 aromatic rings. The average molecular weight is 491 g/mol. The van der Waals surface area contributed by atoms with Crippen LogP contribution in [0.5, 0.6) is 0 Å². The number of aliphatic hydroxyl groups excluding tert-OH is 2. The number of hydrogen-bond acceptors (Lipinski definition) is 4. The zero-order valence-electron chi connectivity index (χ0n) is 22.2. The van der Waals surface area contributed by atoms with Gasteiger partial charge in [-0.05, 0) is 91.9 Å². The van der Waals surface area contributed by atoms with E-state index >= 15 is 0 Å². The van der Waals surface area contributed by atoms with Crippen LogP contribution < -0.4 is 0 Å². The zero-order chi connectivity index (χ0) is 24.9. The first kappa shape index (κ1) is 28.0. The van der Waals surface area contributed by atoms with Gasteiger partial charge in [0.2, 0.25) is 0 Å². The Morgan fingerprint density at radius 3 is 2.53 bits per heavy atom. The van der Waals surface area contributed by atoms with Crippen molar-refractivity contribution in [1.29, 1.82) is 0 Å². The van der Waals surface area contributed by atoms with E-state index in [1.54, 1.807) is 5.57 Å². The van der Waals surface area contributed by atoms with Crippen LogP contribution in [0.3, 0.4) is 0 Å². The smallest absolute Gasteiger partial charge is 0.0811 e. The van der Waals surface area contributed by atoms with Gasteiger partial charge in [-0.1, -0.05) is 64.8 Å². The molecule has 0 bridgehead atoms. The van der Waals surface area contributed by atoms with Crippen LogP contribution in [0.25, 0.3) is 0 Å². The molecule has 0 unspecified atom stereocenters. The number of hydrogen-bond donors (Lipinski definition) is 3. The highest BCUT2D eigenvalue weighted by atomic mass is 32.2. The second-order valence-electron chi connectivity index (χ2n) is 11.7. The molecular formula is C30H50O3S. The highest BCUT2D eigenvalue weighted by molar-refractivity contribution is 7.99. The normalized spacial score (nSPS) is 35.7. The van der Waals surface area contributed by atoms with Crippen LogP contribution in [0, 0.1) is 17.3 Å². The fourth-order valence-electron chi connectivity index (χ4n) is 7.37. The van der Waals surface area contributed by atoms with Crippen molar-refractivity contribution in [2.45, 2.75) is 128 Å². The highest BCUT2D eigenvalue weighted by Crippen LogP contribution is 2.59. The Morgan fingerprint density at radius 2 is 1.85 bits per heavy atom. The van der Waals surface area contributed by atoms with Gasteiger partial charge in [-0.3, -0.25) is 0 Å². The van der Waals surface area contributed by atoms with Gasteiger partial charge in [0.25, 0.3) is 0 Å². The molecule has 4 heteroatoms. The summed E-state index contributed by atoms with van der Waals surface area (Å²) in [7, 11) is 0. The topological polar surface area (TPSA) is 60.7 Å². The van der Waals surface area contributed by atoms with Crippen molar-refractivity contribution in [3.63, 3.8) is 0 Å². The third-order valence-electron chi connectivity index (χ3n) is 9.25. The first-order valence-corrected chi connectivity index (χ1v) is 15.0. The minimum atomic E-state index is -0.619. The SMILES string of the molecule is C=C1C(=CC=C2CCC[C@]3(C)[C@@H]([C@H](C)SCCC(O)(CCC)CCC)CC[C@@H]23)C[C@@H](O)C[C@@H]1O. The van der Waals surface area contributed by atoms with E-state index in [-0.39, 0.29) is 0 Å². The van der Waals surface area contributed by atoms with Gasteiger partial charge in [0.1, 0.15) is 0 Å². The summed E-state index contributed by atoms with van der Waals surface area (Å²) in [6, 6.07) is 0. The Labute approximate surface area is 213 Å². The van der Waals surface area contributed by atoms with Crippen LogP contribution in [0.1, 0.15) is 105 Å². The van der Waals surface area contributed by atoms with Crippen molar-refractivity contribution in [2.75, 3.05) is 5.75 Å². The van der Waals surface area contributed by atoms with Gasteiger partial charge in [0.05, 0.1) is 17.8 Å². The minimum Gasteiger partial charge on any atom is -0.393 e. The molecule has 34 heavy (non-hydrogen) atoms. The molecule has 194 valence electrons. The Bertz CT molecular complexity index is 750. The number of aliphatic hydroxyl groups is 3. The molecule has 3 aliphatic rings. The third kappa shape index (κ3) is 6.41. The summed E-state index contributed by atoms with van der Waals surface area (Å²) < 4.78 is 0. The summed E-state index contributed by atoms with van der Waals surface area (Å²) in [6.07, 6.45) is 15.5. The van der Waals surface area contributed by atoms with Crippen molar-refractivity contribution < 1.29 is 15.3 Å². The average Bonchev–Trinajstić information content (AvgIpc) is 3.13. The van der Waals surface area contributed by atoms with E-state index < -0.39 is 17.8 Å². The van der Waals surface area contributed by atoms with E-state index in [0.29, 0.717) is 29.4 Å². The van der Waals surface area contributed by atoms with E-state index in [1.807, 2.05) is 0 Å². The van der Waals surface area contributed by atoms with E-state index in [0.717, 1.165) is 61.3 Å². The third-order valence-corrected chi connectivity index (χ3v) is 10.5. The first-order chi connectivity index (χ1) is 16.1. The van der Waals surface area contributed by atoms with E-state index in [9.17, 15) is 15.3 Å². The molecule has 0 spiro atoms. The van der Waals surface area contributed by atoms with Crippen LogP contribution in [0.4, 0.5) is 0 Å². The van der Waals surface area contributed by atoms with Crippen molar-refractivity contribution in [3.8, 4) is 0 Å². The summed E-state index contributed by atoms with van der Waals surface area (Å²) in [5, 5.41) is 31.9. The molecule has 0 aliphatic heterocycles. The Kier molecular flexibility index (Phi) is 10.00. The second kappa shape index (κ2) is 12.1. The largest absolute Gasteiger partial charge is 0.393 e. The molecule has 3 N–H and O–H groups in total. The van der Waals surface area contributed by atoms with Gasteiger partial charge in [-0.25, -0.2) is 0 Å². The van der Waals surface area contributed by atoms with Crippen molar-refractivity contribution in [2.24, 2.45) is 17.3 Å². The lowest BCUT2D eigenvalue weighted by molar-refractivity contribution is 0.0187. The summed E-state index contributed by atoms with van der Waals surface area (Å²) in [4.78, 5) is 0. The lowest BCUT2D eigenvalue weighted by Crippen LogP contribution is -2.37.